The van der Waals surface area contributed by atoms with Crippen molar-refractivity contribution in [2.45, 2.75) is 12.3 Å². The van der Waals surface area contributed by atoms with Crippen LogP contribution in [0.4, 0.5) is 0 Å². The smallest absolute Gasteiger partial charge is 0.125 e. The number of halogens is 3. The summed E-state index contributed by atoms with van der Waals surface area (Å²) in [6, 6.07) is 11.6. The fourth-order valence-electron chi connectivity index (χ4n) is 2.03. The molecular weight excluding hydrogens is 419 g/mol. The molecule has 2 aromatic rings. The maximum atomic E-state index is 6.64. The van der Waals surface area contributed by atoms with Gasteiger partial charge in [0.15, 0.2) is 0 Å². The second-order valence-corrected chi connectivity index (χ2v) is 6.57. The fraction of sp³-hybridized carbons (Fsp3) is 0.250. The van der Waals surface area contributed by atoms with E-state index in [2.05, 4.69) is 31.9 Å². The highest BCUT2D eigenvalue weighted by Crippen LogP contribution is 2.40. The molecule has 112 valence electrons. The van der Waals surface area contributed by atoms with Gasteiger partial charge in [-0.1, -0.05) is 44.0 Å². The van der Waals surface area contributed by atoms with E-state index in [9.17, 15) is 0 Å². The number of rotatable bonds is 5. The molecule has 2 nitrogen and oxygen atoms in total. The van der Waals surface area contributed by atoms with Crippen molar-refractivity contribution in [2.24, 2.45) is 0 Å². The molecule has 0 aromatic heterocycles. The molecule has 5 heteroatoms. The van der Waals surface area contributed by atoms with Crippen molar-refractivity contribution in [2.75, 3.05) is 13.7 Å². The first-order chi connectivity index (χ1) is 10.1. The minimum Gasteiger partial charge on any atom is -0.496 e. The lowest BCUT2D eigenvalue weighted by Crippen LogP contribution is -1.99. The first-order valence-electron chi connectivity index (χ1n) is 6.46. The van der Waals surface area contributed by atoms with Crippen LogP contribution in [-0.4, -0.2) is 13.7 Å². The largest absolute Gasteiger partial charge is 0.496 e. The molecule has 0 spiro atoms. The summed E-state index contributed by atoms with van der Waals surface area (Å²) in [5.74, 6) is 1.57. The second kappa shape index (κ2) is 7.52. The Morgan fingerprint density at radius 3 is 2.43 bits per heavy atom. The molecular formula is C16H15Br2ClO2. The van der Waals surface area contributed by atoms with Gasteiger partial charge in [-0.3, -0.25) is 0 Å². The summed E-state index contributed by atoms with van der Waals surface area (Å²) in [4.78, 5) is 0. The van der Waals surface area contributed by atoms with Crippen molar-refractivity contribution >= 4 is 43.5 Å². The molecule has 2 aromatic carbocycles. The van der Waals surface area contributed by atoms with Crippen LogP contribution in [0.15, 0.2) is 45.3 Å². The summed E-state index contributed by atoms with van der Waals surface area (Å²) in [7, 11) is 1.64. The van der Waals surface area contributed by atoms with Gasteiger partial charge < -0.3 is 9.47 Å². The Morgan fingerprint density at radius 1 is 1.10 bits per heavy atom. The molecule has 21 heavy (non-hydrogen) atoms. The van der Waals surface area contributed by atoms with Gasteiger partial charge in [-0.25, -0.2) is 0 Å². The van der Waals surface area contributed by atoms with Gasteiger partial charge in [0.1, 0.15) is 11.5 Å². The van der Waals surface area contributed by atoms with Gasteiger partial charge in [-0.05, 0) is 36.8 Å². The van der Waals surface area contributed by atoms with E-state index in [-0.39, 0.29) is 5.38 Å². The summed E-state index contributed by atoms with van der Waals surface area (Å²) < 4.78 is 12.8. The molecule has 0 radical (unpaired) electrons. The lowest BCUT2D eigenvalue weighted by molar-refractivity contribution is 0.340. The van der Waals surface area contributed by atoms with E-state index in [1.165, 1.54) is 0 Å². The average Bonchev–Trinajstić information content (AvgIpc) is 2.47. The van der Waals surface area contributed by atoms with Crippen LogP contribution in [0.1, 0.15) is 23.4 Å². The number of methoxy groups -OCH3 is 1. The van der Waals surface area contributed by atoms with E-state index in [0.29, 0.717) is 6.61 Å². The zero-order valence-corrected chi connectivity index (χ0v) is 15.6. The van der Waals surface area contributed by atoms with Crippen LogP contribution in [0.25, 0.3) is 0 Å². The minimum absolute atomic E-state index is 0.307. The van der Waals surface area contributed by atoms with Crippen molar-refractivity contribution in [1.82, 2.24) is 0 Å². The Balaban J connectivity index is 2.38. The number of alkyl halides is 1. The van der Waals surface area contributed by atoms with Gasteiger partial charge >= 0.3 is 0 Å². The highest BCUT2D eigenvalue weighted by Gasteiger charge is 2.18. The predicted octanol–water partition coefficient (Wildman–Crippen LogP) is 5.95. The number of benzene rings is 2. The van der Waals surface area contributed by atoms with E-state index < -0.39 is 0 Å². The Hall–Kier alpha value is -0.710. The third kappa shape index (κ3) is 3.93. The first kappa shape index (κ1) is 16.7. The molecule has 0 aliphatic rings. The van der Waals surface area contributed by atoms with Gasteiger partial charge in [-0.2, -0.15) is 0 Å². The van der Waals surface area contributed by atoms with Gasteiger partial charge in [0, 0.05) is 14.5 Å². The normalized spacial score (nSPS) is 12.0. The topological polar surface area (TPSA) is 18.5 Å². The molecule has 0 bridgehead atoms. The first-order valence-corrected chi connectivity index (χ1v) is 8.48. The fourth-order valence-corrected chi connectivity index (χ4v) is 3.46. The van der Waals surface area contributed by atoms with Crippen LogP contribution in [0, 0.1) is 0 Å². The van der Waals surface area contributed by atoms with E-state index in [1.807, 2.05) is 43.3 Å². The van der Waals surface area contributed by atoms with Gasteiger partial charge in [0.2, 0.25) is 0 Å². The van der Waals surface area contributed by atoms with Crippen molar-refractivity contribution in [3.8, 4) is 11.5 Å². The summed E-state index contributed by atoms with van der Waals surface area (Å²) in [5.41, 5.74) is 1.90. The Bertz CT molecular complexity index is 632. The van der Waals surface area contributed by atoms with Crippen molar-refractivity contribution in [3.63, 3.8) is 0 Å². The second-order valence-electron chi connectivity index (χ2n) is 4.37. The van der Waals surface area contributed by atoms with Gasteiger partial charge in [0.05, 0.1) is 19.1 Å². The highest BCUT2D eigenvalue weighted by atomic mass is 79.9. The SMILES string of the molecule is CCOc1ccc(C(Cl)c2ccc(Br)cc2OC)c(Br)c1. The van der Waals surface area contributed by atoms with E-state index in [0.717, 1.165) is 31.6 Å². The molecule has 0 saturated carbocycles. The monoisotopic (exact) mass is 432 g/mol. The van der Waals surface area contributed by atoms with Crippen LogP contribution in [-0.2, 0) is 0 Å². The van der Waals surface area contributed by atoms with Crippen LogP contribution in [0.3, 0.4) is 0 Å². The van der Waals surface area contributed by atoms with E-state index >= 15 is 0 Å². The molecule has 0 aliphatic carbocycles. The zero-order chi connectivity index (χ0) is 15.4. The van der Waals surface area contributed by atoms with Crippen LogP contribution in [0.2, 0.25) is 0 Å². The van der Waals surface area contributed by atoms with Gasteiger partial charge in [0.25, 0.3) is 0 Å². The minimum atomic E-state index is -0.307. The van der Waals surface area contributed by atoms with Crippen molar-refractivity contribution in [1.29, 1.82) is 0 Å². The third-order valence-corrected chi connectivity index (χ3v) is 4.67. The Morgan fingerprint density at radius 2 is 1.81 bits per heavy atom. The molecule has 0 saturated heterocycles. The molecule has 0 amide bonds. The quantitative estimate of drug-likeness (QED) is 0.542. The van der Waals surface area contributed by atoms with Crippen LogP contribution < -0.4 is 9.47 Å². The summed E-state index contributed by atoms with van der Waals surface area (Å²) in [6.07, 6.45) is 0. The summed E-state index contributed by atoms with van der Waals surface area (Å²) in [6.45, 7) is 2.59. The zero-order valence-electron chi connectivity index (χ0n) is 11.7. The Labute approximate surface area is 146 Å². The average molecular weight is 435 g/mol. The molecule has 0 fully saturated rings. The maximum absolute atomic E-state index is 6.64. The number of ether oxygens (including phenoxy) is 2. The molecule has 0 N–H and O–H groups in total. The summed E-state index contributed by atoms with van der Waals surface area (Å²) >= 11 is 13.6. The lowest BCUT2D eigenvalue weighted by Gasteiger charge is -2.17. The lowest BCUT2D eigenvalue weighted by atomic mass is 10.0. The highest BCUT2D eigenvalue weighted by molar-refractivity contribution is 9.10. The predicted molar refractivity (Wildman–Crippen MR) is 93.7 cm³/mol. The number of hydrogen-bond donors (Lipinski definition) is 0. The maximum Gasteiger partial charge on any atom is 0.125 e. The summed E-state index contributed by atoms with van der Waals surface area (Å²) in [5, 5.41) is -0.307. The Kier molecular flexibility index (Phi) is 5.97. The third-order valence-electron chi connectivity index (χ3n) is 3.02. The number of hydrogen-bond acceptors (Lipinski definition) is 2. The van der Waals surface area contributed by atoms with Gasteiger partial charge in [-0.15, -0.1) is 11.6 Å². The molecule has 0 heterocycles. The van der Waals surface area contributed by atoms with Crippen LogP contribution >= 0.6 is 43.5 Å². The van der Waals surface area contributed by atoms with Crippen molar-refractivity contribution < 1.29 is 9.47 Å². The molecule has 2 rings (SSSR count). The van der Waals surface area contributed by atoms with E-state index in [4.69, 9.17) is 21.1 Å². The standard InChI is InChI=1S/C16H15Br2ClO2/c1-3-21-11-5-7-12(14(18)9-11)16(19)13-6-4-10(17)8-15(13)20-2/h4-9,16H,3H2,1-2H3. The molecule has 0 aliphatic heterocycles. The molecule has 1 unspecified atom stereocenters. The van der Waals surface area contributed by atoms with Crippen LogP contribution in [0.5, 0.6) is 11.5 Å². The van der Waals surface area contributed by atoms with E-state index in [1.54, 1.807) is 7.11 Å². The molecule has 1 atom stereocenters. The van der Waals surface area contributed by atoms with Crippen molar-refractivity contribution in [3.05, 3.63) is 56.5 Å².